The molecule has 0 fully saturated rings. The number of aliphatic hydroxyl groups is 1. The minimum absolute atomic E-state index is 0. The van der Waals surface area contributed by atoms with E-state index in [4.69, 9.17) is 5.11 Å². The van der Waals surface area contributed by atoms with Crippen LogP contribution in [-0.4, -0.2) is 11.7 Å². The van der Waals surface area contributed by atoms with Crippen molar-refractivity contribution in [3.05, 3.63) is 6.92 Å². The smallest absolute Gasteiger partial charge is 0.0159 e. The standard InChI is InChI=1S/C3H7O.6Rf/c1-2-3-4;;;;;;/h4H,1-3H2;;;;;;/q-1;;;;;;. The van der Waals surface area contributed by atoms with Crippen LogP contribution in [0.25, 0.3) is 0 Å². The van der Waals surface area contributed by atoms with E-state index in [1.54, 1.807) is 0 Å². The third-order valence-corrected chi connectivity index (χ3v) is 0.158. The van der Waals surface area contributed by atoms with Crippen molar-refractivity contribution in [3.8, 4) is 0 Å². The van der Waals surface area contributed by atoms with Crippen LogP contribution >= 0.6 is 0 Å². The van der Waals surface area contributed by atoms with Gasteiger partial charge < -0.3 is 12.0 Å². The van der Waals surface area contributed by atoms with Crippen molar-refractivity contribution in [2.24, 2.45) is 0 Å². The molecule has 7 heteroatoms. The summed E-state index contributed by atoms with van der Waals surface area (Å²) in [6.45, 7) is 3.56. The molecular formula is C3H7ORf6-. The molecule has 1 nitrogen and oxygen atoms in total. The van der Waals surface area contributed by atoms with Gasteiger partial charge in [0.1, 0.15) is 0 Å². The molecule has 0 bridgehead atoms. The Morgan fingerprint density at radius 3 is 0.900 bits per heavy atom. The van der Waals surface area contributed by atoms with Gasteiger partial charge in [0.2, 0.25) is 0 Å². The summed E-state index contributed by atoms with van der Waals surface area (Å²) in [6, 6.07) is 0. The summed E-state index contributed by atoms with van der Waals surface area (Å²) in [5, 5.41) is 7.81. The molecule has 0 heterocycles. The van der Waals surface area contributed by atoms with Crippen molar-refractivity contribution in [2.45, 2.75) is 6.42 Å². The van der Waals surface area contributed by atoms with Crippen molar-refractivity contribution in [1.29, 1.82) is 0 Å². The van der Waals surface area contributed by atoms with Gasteiger partial charge >= 0.3 is 0 Å². The molecule has 0 aliphatic carbocycles. The summed E-state index contributed by atoms with van der Waals surface area (Å²) >= 11 is 0. The monoisotopic (exact) mass is 1660 g/mol. The maximum atomic E-state index is 7.81. The van der Waals surface area contributed by atoms with Crippen molar-refractivity contribution >= 4 is 0 Å². The Bertz CT molecular complexity index is 15.0. The minimum Gasteiger partial charge on any atom is -0.399 e. The molecular weight excluding hydrogens is 1650 g/mol. The van der Waals surface area contributed by atoms with E-state index in [0.29, 0.717) is 6.42 Å². The molecule has 0 aromatic carbocycles. The zero-order valence-electron chi connectivity index (χ0n) is 6.81. The Hall–Kier alpha value is -6.04. The maximum absolute atomic E-state index is 7.81. The Balaban J connectivity index is -0.00000000300. The van der Waals surface area contributed by atoms with E-state index < -0.39 is 0 Å². The zero-order valence-corrected chi connectivity index (χ0v) is 45.2. The predicted molar refractivity (Wildman–Crippen MR) is 17.1 cm³/mol. The molecule has 0 radical (unpaired) electrons. The largest absolute Gasteiger partial charge is 0.399 e. The van der Waals surface area contributed by atoms with Crippen molar-refractivity contribution in [1.82, 2.24) is 0 Å². The first-order valence-corrected chi connectivity index (χ1v) is 1.32. The summed E-state index contributed by atoms with van der Waals surface area (Å²) in [5.41, 5.74) is 0. The van der Waals surface area contributed by atoms with E-state index in [0.717, 1.165) is 0 Å². The van der Waals surface area contributed by atoms with Gasteiger partial charge in [-0.1, -0.05) is 0 Å². The summed E-state index contributed by atoms with van der Waals surface area (Å²) in [6.07, 6.45) is 0.625. The first kappa shape index (κ1) is 3.75. The Labute approximate surface area is 26.3 Å². The third kappa shape index (κ3) is 0.0711. The normalized spacial score (nSPS) is 3.00. The van der Waals surface area contributed by atoms with Gasteiger partial charge in [-0.15, -0.1) is 0 Å². The number of hydrogen-bond acceptors (Lipinski definition) is 1. The first-order chi connectivity index (χ1) is 1.91. The van der Waals surface area contributed by atoms with E-state index >= 15 is 0 Å². The molecule has 0 aromatic heterocycles. The fourth-order valence-electron chi connectivity index (χ4n) is 0. The summed E-state index contributed by atoms with van der Waals surface area (Å²) < 4.78 is 0. The molecule has 0 unspecified atom stereocenters. The molecule has 0 aliphatic rings. The Morgan fingerprint density at radius 1 is 0.800 bits per heavy atom. The molecule has 1 N–H and O–H groups in total. The van der Waals surface area contributed by atoms with E-state index in [9.17, 15) is 0 Å². The SMILES string of the molecule is [CH2-]CCO.[Rf].[Rf].[Rf].[Rf].[Rf].[Rf]. The van der Waals surface area contributed by atoms with Crippen molar-refractivity contribution < 1.29 is 5.11 Å². The van der Waals surface area contributed by atoms with Crippen LogP contribution in [0.15, 0.2) is 0 Å². The Morgan fingerprint density at radius 2 is 0.900 bits per heavy atom. The van der Waals surface area contributed by atoms with Crippen LogP contribution in [-0.2, 0) is 0 Å². The van der Waals surface area contributed by atoms with E-state index in [-0.39, 0.29) is 6.61 Å². The summed E-state index contributed by atoms with van der Waals surface area (Å²) in [4.78, 5) is 0. The average Bonchev–Trinajstić information content (AvgIpc) is 1.37. The van der Waals surface area contributed by atoms with Gasteiger partial charge in [-0.2, -0.15) is 6.42 Å². The molecule has 0 amide bonds. The molecule has 0 saturated heterocycles. The number of rotatable bonds is 1. The van der Waals surface area contributed by atoms with Crippen LogP contribution < -0.4 is 0 Å². The van der Waals surface area contributed by atoms with Gasteiger partial charge in [0.15, 0.2) is 0 Å². The quantitative estimate of drug-likeness (QED) is 0.373. The van der Waals surface area contributed by atoms with E-state index in [2.05, 4.69) is 6.92 Å². The summed E-state index contributed by atoms with van der Waals surface area (Å²) in [7, 11) is 0. The van der Waals surface area contributed by atoms with Crippen LogP contribution in [0.5, 0.6) is 0 Å². The molecule has 0 atom stereocenters. The van der Waals surface area contributed by atoms with Crippen LogP contribution in [0, 0.1) is 6.92 Å². The van der Waals surface area contributed by atoms with Gasteiger partial charge in [-0.25, -0.2) is 0 Å². The van der Waals surface area contributed by atoms with Gasteiger partial charge in [-0.3, -0.25) is 0 Å². The molecule has 0 saturated carbocycles. The van der Waals surface area contributed by atoms with Crippen LogP contribution in [0.4, 0.5) is 0 Å². The second-order valence-electron chi connectivity index (χ2n) is 0.577. The van der Waals surface area contributed by atoms with Crippen molar-refractivity contribution in [3.63, 3.8) is 0 Å². The first-order valence-electron chi connectivity index (χ1n) is 1.32. The van der Waals surface area contributed by atoms with Gasteiger partial charge in [-0.05, 0) is 0 Å². The third-order valence-electron chi connectivity index (χ3n) is 0.158. The number of hydrogen-bond donors (Lipinski definition) is 1. The predicted octanol–water partition coefficient (Wildman–Crippen LogP) is 0.203. The summed E-state index contributed by atoms with van der Waals surface area (Å²) in [5.74, 6) is 0. The van der Waals surface area contributed by atoms with E-state index in [1.807, 2.05) is 0 Å². The van der Waals surface area contributed by atoms with Gasteiger partial charge in [0.25, 0.3) is 0 Å². The zero-order chi connectivity index (χ0) is 3.41. The van der Waals surface area contributed by atoms with Crippen LogP contribution in [0.1, 0.15) is 6.42 Å². The molecule has 0 spiro atoms. The average molecular weight is 1660 g/mol. The van der Waals surface area contributed by atoms with Crippen molar-refractivity contribution in [2.75, 3.05) is 6.61 Å². The molecule has 0 rings (SSSR count). The fraction of sp³-hybridized carbons (Fsp3) is 0.667. The second-order valence-corrected chi connectivity index (χ2v) is 0.577. The topological polar surface area (TPSA) is 20.2 Å². The molecule has 0 aliphatic heterocycles. The van der Waals surface area contributed by atoms with Gasteiger partial charge in [0, 0.05) is 6.61 Å². The van der Waals surface area contributed by atoms with Crippen LogP contribution in [0.2, 0.25) is 0 Å². The molecule has 10 heavy (non-hydrogen) atoms. The fourth-order valence-corrected chi connectivity index (χ4v) is 0. The number of aliphatic hydroxyl groups excluding tert-OH is 1. The van der Waals surface area contributed by atoms with Gasteiger partial charge in [0.05, 0.1) is 0 Å². The van der Waals surface area contributed by atoms with Crippen LogP contribution in [0.3, 0.4) is 0 Å². The minimum atomic E-state index is 0. The van der Waals surface area contributed by atoms with E-state index in [1.165, 1.54) is 0 Å². The molecule has 38 valence electrons. The second kappa shape index (κ2) is 0.697. The Kier molecular flexibility index (Phi) is 0.262. The molecule has 0 aromatic rings. The maximum Gasteiger partial charge on any atom is 0.0159 e.